The zero-order chi connectivity index (χ0) is 6.24. The van der Waals surface area contributed by atoms with E-state index in [9.17, 15) is 0 Å². The van der Waals surface area contributed by atoms with Crippen LogP contribution < -0.4 is 5.84 Å². The van der Waals surface area contributed by atoms with E-state index < -0.39 is 0 Å². The first kappa shape index (κ1) is 7.10. The summed E-state index contributed by atoms with van der Waals surface area (Å²) in [7, 11) is 0. The van der Waals surface area contributed by atoms with Gasteiger partial charge in [0.15, 0.2) is 0 Å². The molecule has 4 nitrogen and oxygen atoms in total. The van der Waals surface area contributed by atoms with E-state index in [1.54, 1.807) is 0 Å². The third-order valence-electron chi connectivity index (χ3n) is 0.487. The summed E-state index contributed by atoms with van der Waals surface area (Å²) in [6.07, 6.45) is 2.80. The molecule has 0 heterocycles. The Morgan fingerprint density at radius 1 is 1.50 bits per heavy atom. The summed E-state index contributed by atoms with van der Waals surface area (Å²) in [6, 6.07) is 0. The lowest BCUT2D eigenvalue weighted by atomic mass is 10.7. The second kappa shape index (κ2) is 6.10. The third kappa shape index (κ3) is 5.10. The van der Waals surface area contributed by atoms with Crippen molar-refractivity contribution in [1.29, 1.82) is 0 Å². The van der Waals surface area contributed by atoms with Crippen LogP contribution in [0, 0.1) is 0 Å². The molecular weight excluding hydrogens is 106 g/mol. The number of hydrazone groups is 1. The molecule has 0 radical (unpaired) electrons. The number of nitrogens with two attached hydrogens (primary N) is 1. The molecular formula is C4H9N3O. The van der Waals surface area contributed by atoms with Gasteiger partial charge in [0.2, 0.25) is 0 Å². The van der Waals surface area contributed by atoms with Crippen molar-refractivity contribution in [3.8, 4) is 0 Å². The van der Waals surface area contributed by atoms with Crippen molar-refractivity contribution in [3.63, 3.8) is 0 Å². The van der Waals surface area contributed by atoms with Crippen molar-refractivity contribution in [2.45, 2.75) is 0 Å². The van der Waals surface area contributed by atoms with Crippen molar-refractivity contribution >= 4 is 12.4 Å². The van der Waals surface area contributed by atoms with Crippen LogP contribution >= 0.6 is 0 Å². The average molecular weight is 115 g/mol. The minimum Gasteiger partial charge on any atom is -0.394 e. The SMILES string of the molecule is NN=CC=NCCO. The summed E-state index contributed by atoms with van der Waals surface area (Å²) in [6.45, 7) is 0.473. The van der Waals surface area contributed by atoms with Crippen molar-refractivity contribution in [1.82, 2.24) is 0 Å². The molecule has 0 rings (SSSR count). The van der Waals surface area contributed by atoms with E-state index in [0.29, 0.717) is 6.54 Å². The third-order valence-corrected chi connectivity index (χ3v) is 0.487. The Morgan fingerprint density at radius 2 is 2.25 bits per heavy atom. The first-order chi connectivity index (χ1) is 3.91. The number of hydrogen-bond acceptors (Lipinski definition) is 4. The van der Waals surface area contributed by atoms with Crippen molar-refractivity contribution in [2.24, 2.45) is 15.9 Å². The lowest BCUT2D eigenvalue weighted by molar-refractivity contribution is 0.307. The van der Waals surface area contributed by atoms with Gasteiger partial charge in [-0.1, -0.05) is 0 Å². The highest BCUT2D eigenvalue weighted by molar-refractivity contribution is 6.15. The number of aliphatic hydroxyl groups excluding tert-OH is 1. The highest BCUT2D eigenvalue weighted by Crippen LogP contribution is 1.60. The van der Waals surface area contributed by atoms with E-state index in [4.69, 9.17) is 10.9 Å². The highest BCUT2D eigenvalue weighted by atomic mass is 16.3. The molecule has 0 atom stereocenters. The van der Waals surface area contributed by atoms with Gasteiger partial charge in [-0.3, -0.25) is 4.99 Å². The number of rotatable bonds is 3. The molecule has 0 fully saturated rings. The molecule has 3 N–H and O–H groups in total. The van der Waals surface area contributed by atoms with E-state index in [0.717, 1.165) is 0 Å². The fraction of sp³-hybridized carbons (Fsp3) is 0.500. The fourth-order valence-electron chi connectivity index (χ4n) is 0.218. The topological polar surface area (TPSA) is 71.0 Å². The Labute approximate surface area is 47.7 Å². The maximum Gasteiger partial charge on any atom is 0.0644 e. The summed E-state index contributed by atoms with van der Waals surface area (Å²) in [5, 5.41) is 11.3. The molecule has 0 bridgehead atoms. The standard InChI is InChI=1S/C4H9N3O/c5-7-2-1-6-3-4-8/h1-2,8H,3-5H2. The Bertz CT molecular complexity index is 89.3. The van der Waals surface area contributed by atoms with E-state index >= 15 is 0 Å². The molecule has 0 aliphatic heterocycles. The van der Waals surface area contributed by atoms with Crippen LogP contribution in [0.3, 0.4) is 0 Å². The zero-order valence-corrected chi connectivity index (χ0v) is 4.49. The molecule has 0 aromatic heterocycles. The van der Waals surface area contributed by atoms with Crippen molar-refractivity contribution < 1.29 is 5.11 Å². The summed E-state index contributed by atoms with van der Waals surface area (Å²) in [4.78, 5) is 3.68. The second-order valence-electron chi connectivity index (χ2n) is 1.08. The molecule has 0 aromatic carbocycles. The van der Waals surface area contributed by atoms with Crippen LogP contribution in [0.15, 0.2) is 10.1 Å². The number of aliphatic imine (C=N–C) groups is 1. The van der Waals surface area contributed by atoms with Crippen LogP contribution in [-0.4, -0.2) is 30.7 Å². The Balaban J connectivity index is 3.07. The summed E-state index contributed by atoms with van der Waals surface area (Å²) in [5.41, 5.74) is 0. The molecule has 8 heavy (non-hydrogen) atoms. The van der Waals surface area contributed by atoms with E-state index in [1.807, 2.05) is 0 Å². The smallest absolute Gasteiger partial charge is 0.0644 e. The monoisotopic (exact) mass is 115 g/mol. The van der Waals surface area contributed by atoms with Crippen molar-refractivity contribution in [3.05, 3.63) is 0 Å². The van der Waals surface area contributed by atoms with E-state index in [-0.39, 0.29) is 6.61 Å². The van der Waals surface area contributed by atoms with Gasteiger partial charge in [-0.25, -0.2) is 0 Å². The maximum atomic E-state index is 8.18. The van der Waals surface area contributed by atoms with E-state index in [1.165, 1.54) is 12.4 Å². The first-order valence-corrected chi connectivity index (χ1v) is 2.24. The fourth-order valence-corrected chi connectivity index (χ4v) is 0.218. The van der Waals surface area contributed by atoms with Crippen molar-refractivity contribution in [2.75, 3.05) is 13.2 Å². The number of hydrogen-bond donors (Lipinski definition) is 2. The van der Waals surface area contributed by atoms with Gasteiger partial charge in [-0.05, 0) is 0 Å². The van der Waals surface area contributed by atoms with Gasteiger partial charge in [0, 0.05) is 6.21 Å². The maximum absolute atomic E-state index is 8.18. The molecule has 46 valence electrons. The molecule has 0 unspecified atom stereocenters. The van der Waals surface area contributed by atoms with Crippen LogP contribution in [0.2, 0.25) is 0 Å². The quantitative estimate of drug-likeness (QED) is 0.281. The highest BCUT2D eigenvalue weighted by Gasteiger charge is 1.68. The van der Waals surface area contributed by atoms with Crippen LogP contribution in [0.4, 0.5) is 0 Å². The first-order valence-electron chi connectivity index (χ1n) is 2.24. The van der Waals surface area contributed by atoms with Gasteiger partial charge in [0.25, 0.3) is 0 Å². The Hall–Kier alpha value is -0.900. The summed E-state index contributed by atoms with van der Waals surface area (Å²) < 4.78 is 0. The van der Waals surface area contributed by atoms with Crippen LogP contribution in [-0.2, 0) is 0 Å². The Kier molecular flexibility index (Phi) is 5.41. The average Bonchev–Trinajstić information content (AvgIpc) is 1.81. The van der Waals surface area contributed by atoms with Gasteiger partial charge in [0.05, 0.1) is 19.4 Å². The lowest BCUT2D eigenvalue weighted by Gasteiger charge is -1.79. The predicted molar refractivity (Wildman–Crippen MR) is 33.1 cm³/mol. The van der Waals surface area contributed by atoms with Crippen LogP contribution in [0.25, 0.3) is 0 Å². The van der Waals surface area contributed by atoms with Gasteiger partial charge in [0.1, 0.15) is 0 Å². The largest absolute Gasteiger partial charge is 0.394 e. The van der Waals surface area contributed by atoms with E-state index in [2.05, 4.69) is 10.1 Å². The number of nitrogens with zero attached hydrogens (tertiary/aromatic N) is 2. The second-order valence-corrected chi connectivity index (χ2v) is 1.08. The predicted octanol–water partition coefficient (Wildman–Crippen LogP) is -1.01. The molecule has 0 saturated carbocycles. The Morgan fingerprint density at radius 3 is 2.75 bits per heavy atom. The minimum atomic E-state index is 0.0644. The van der Waals surface area contributed by atoms with Gasteiger partial charge < -0.3 is 10.9 Å². The molecule has 0 amide bonds. The van der Waals surface area contributed by atoms with Gasteiger partial charge in [-0.2, -0.15) is 5.10 Å². The molecule has 0 spiro atoms. The molecule has 0 aliphatic carbocycles. The summed E-state index contributed by atoms with van der Waals surface area (Å²) in [5.74, 6) is 4.73. The zero-order valence-electron chi connectivity index (χ0n) is 4.49. The molecule has 0 aromatic rings. The molecule has 0 aliphatic rings. The molecule has 0 saturated heterocycles. The lowest BCUT2D eigenvalue weighted by Crippen LogP contribution is -1.89. The van der Waals surface area contributed by atoms with Gasteiger partial charge in [-0.15, -0.1) is 0 Å². The summed E-state index contributed by atoms with van der Waals surface area (Å²) >= 11 is 0. The van der Waals surface area contributed by atoms with Crippen LogP contribution in [0.5, 0.6) is 0 Å². The van der Waals surface area contributed by atoms with Crippen LogP contribution in [0.1, 0.15) is 0 Å². The normalized spacial score (nSPS) is 11.6. The number of aliphatic hydroxyl groups is 1. The van der Waals surface area contributed by atoms with Gasteiger partial charge >= 0.3 is 0 Å². The minimum absolute atomic E-state index is 0.0644. The molecule has 4 heteroatoms.